The maximum absolute atomic E-state index is 6.30. The van der Waals surface area contributed by atoms with Gasteiger partial charge in [0, 0.05) is 11.1 Å². The summed E-state index contributed by atoms with van der Waals surface area (Å²) in [6.45, 7) is 0. The molecule has 2 aliphatic rings. The van der Waals surface area contributed by atoms with Crippen molar-refractivity contribution in [2.45, 2.75) is 43.6 Å². The number of nitrogens with two attached hydrogens (primary N) is 1. The first-order valence-corrected chi connectivity index (χ1v) is 6.80. The first kappa shape index (κ1) is 11.3. The van der Waals surface area contributed by atoms with Gasteiger partial charge < -0.3 is 5.73 Å². The average molecular weight is 248 g/mol. The van der Waals surface area contributed by atoms with Crippen LogP contribution < -0.4 is 5.73 Å². The van der Waals surface area contributed by atoms with Gasteiger partial charge in [0.1, 0.15) is 0 Å². The highest BCUT2D eigenvalue weighted by molar-refractivity contribution is 6.32. The van der Waals surface area contributed by atoms with Crippen LogP contribution in [-0.4, -0.2) is 6.04 Å². The zero-order valence-electron chi connectivity index (χ0n) is 9.95. The Bertz CT molecular complexity index is 456. The Hall–Kier alpha value is -0.790. The van der Waals surface area contributed by atoms with Crippen molar-refractivity contribution in [3.8, 4) is 0 Å². The van der Waals surface area contributed by atoms with Gasteiger partial charge in [0.2, 0.25) is 0 Å². The topological polar surface area (TPSA) is 26.0 Å². The Morgan fingerprint density at radius 1 is 1.24 bits per heavy atom. The Morgan fingerprint density at radius 3 is 2.76 bits per heavy atom. The predicted molar refractivity (Wildman–Crippen MR) is 73.2 cm³/mol. The van der Waals surface area contributed by atoms with Gasteiger partial charge >= 0.3 is 0 Å². The molecule has 1 aromatic rings. The molecule has 0 amide bonds. The third-order valence-corrected chi connectivity index (χ3v) is 4.73. The Balaban J connectivity index is 2.05. The van der Waals surface area contributed by atoms with Crippen LogP contribution in [0.1, 0.15) is 43.2 Å². The summed E-state index contributed by atoms with van der Waals surface area (Å²) < 4.78 is 0. The molecule has 2 heteroatoms. The fourth-order valence-corrected chi connectivity index (χ4v) is 3.58. The largest absolute Gasteiger partial charge is 0.328 e. The van der Waals surface area contributed by atoms with Gasteiger partial charge in [-0.2, -0.15) is 0 Å². The second-order valence-corrected chi connectivity index (χ2v) is 5.83. The van der Waals surface area contributed by atoms with E-state index in [-0.39, 0.29) is 0 Å². The van der Waals surface area contributed by atoms with Crippen molar-refractivity contribution >= 4 is 17.7 Å². The first-order valence-electron chi connectivity index (χ1n) is 6.42. The van der Waals surface area contributed by atoms with Crippen molar-refractivity contribution in [2.75, 3.05) is 0 Å². The normalized spacial score (nSPS) is 31.5. The minimum atomic E-state index is 0.310. The van der Waals surface area contributed by atoms with Crippen molar-refractivity contribution in [3.05, 3.63) is 40.4 Å². The monoisotopic (exact) mass is 247 g/mol. The molecule has 0 aromatic heterocycles. The van der Waals surface area contributed by atoms with E-state index in [1.54, 1.807) is 0 Å². The average Bonchev–Trinajstić information content (AvgIpc) is 2.35. The molecule has 2 aliphatic carbocycles. The fraction of sp³-hybridized carbons (Fsp3) is 0.467. The molecule has 0 bridgehead atoms. The zero-order chi connectivity index (χ0) is 11.9. The van der Waals surface area contributed by atoms with Crippen molar-refractivity contribution in [1.82, 2.24) is 0 Å². The highest BCUT2D eigenvalue weighted by Gasteiger charge is 2.38. The van der Waals surface area contributed by atoms with Gasteiger partial charge in [0.25, 0.3) is 0 Å². The van der Waals surface area contributed by atoms with Crippen LogP contribution in [0.3, 0.4) is 0 Å². The second kappa shape index (κ2) is 4.15. The molecule has 0 radical (unpaired) electrons. The Morgan fingerprint density at radius 2 is 2.00 bits per heavy atom. The Kier molecular flexibility index (Phi) is 2.76. The van der Waals surface area contributed by atoms with Crippen molar-refractivity contribution in [1.29, 1.82) is 0 Å². The summed E-state index contributed by atoms with van der Waals surface area (Å²) in [4.78, 5) is 0. The van der Waals surface area contributed by atoms with E-state index >= 15 is 0 Å². The van der Waals surface area contributed by atoms with Crippen LogP contribution in [0.15, 0.2) is 24.3 Å². The Labute approximate surface area is 108 Å². The number of allylic oxidation sites excluding steroid dienone is 1. The van der Waals surface area contributed by atoms with Gasteiger partial charge in [-0.15, -0.1) is 0 Å². The van der Waals surface area contributed by atoms with E-state index in [4.69, 9.17) is 17.3 Å². The molecule has 1 fully saturated rings. The van der Waals surface area contributed by atoms with Crippen LogP contribution in [0.25, 0.3) is 6.08 Å². The molecule has 1 aromatic carbocycles. The van der Waals surface area contributed by atoms with E-state index in [0.29, 0.717) is 11.5 Å². The molecular weight excluding hydrogens is 230 g/mol. The van der Waals surface area contributed by atoms with Crippen molar-refractivity contribution in [2.24, 2.45) is 5.73 Å². The number of benzene rings is 1. The summed E-state index contributed by atoms with van der Waals surface area (Å²) in [7, 11) is 0. The molecular formula is C15H18ClN. The summed E-state index contributed by atoms with van der Waals surface area (Å²) in [5, 5.41) is 0.882. The van der Waals surface area contributed by atoms with Crippen LogP contribution in [0, 0.1) is 0 Å². The van der Waals surface area contributed by atoms with Crippen LogP contribution in [0.4, 0.5) is 0 Å². The van der Waals surface area contributed by atoms with Crippen molar-refractivity contribution < 1.29 is 0 Å². The van der Waals surface area contributed by atoms with E-state index in [9.17, 15) is 0 Å². The SMILES string of the molecule is NC1CCC2(CC=Cc3c(Cl)cccc32)CC1. The fourth-order valence-electron chi connectivity index (χ4n) is 3.35. The predicted octanol–water partition coefficient (Wildman–Crippen LogP) is 3.90. The number of halogens is 1. The number of fused-ring (bicyclic) bond motifs is 2. The lowest BCUT2D eigenvalue weighted by Crippen LogP contribution is -2.38. The lowest BCUT2D eigenvalue weighted by atomic mass is 9.63. The maximum atomic E-state index is 6.30. The molecule has 0 heterocycles. The van der Waals surface area contributed by atoms with E-state index in [1.165, 1.54) is 24.0 Å². The second-order valence-electron chi connectivity index (χ2n) is 5.43. The van der Waals surface area contributed by atoms with E-state index < -0.39 is 0 Å². The maximum Gasteiger partial charge on any atom is 0.0481 e. The van der Waals surface area contributed by atoms with E-state index in [0.717, 1.165) is 24.3 Å². The third kappa shape index (κ3) is 1.82. The summed E-state index contributed by atoms with van der Waals surface area (Å²) in [6, 6.07) is 6.71. The minimum Gasteiger partial charge on any atom is -0.328 e. The van der Waals surface area contributed by atoms with Gasteiger partial charge in [-0.1, -0.05) is 35.9 Å². The van der Waals surface area contributed by atoms with Crippen LogP contribution in [-0.2, 0) is 5.41 Å². The summed E-state index contributed by atoms with van der Waals surface area (Å²) in [6.07, 6.45) is 10.3. The molecule has 90 valence electrons. The van der Waals surface area contributed by atoms with Gasteiger partial charge in [-0.25, -0.2) is 0 Å². The molecule has 1 nitrogen and oxygen atoms in total. The van der Waals surface area contributed by atoms with E-state index in [1.807, 2.05) is 6.07 Å². The number of hydrogen-bond acceptors (Lipinski definition) is 1. The number of hydrogen-bond donors (Lipinski definition) is 1. The van der Waals surface area contributed by atoms with Gasteiger partial charge in [0.15, 0.2) is 0 Å². The highest BCUT2D eigenvalue weighted by Crippen LogP contribution is 2.47. The molecule has 2 N–H and O–H groups in total. The van der Waals surface area contributed by atoms with Crippen LogP contribution in [0.2, 0.25) is 5.02 Å². The van der Waals surface area contributed by atoms with Crippen molar-refractivity contribution in [3.63, 3.8) is 0 Å². The van der Waals surface area contributed by atoms with Crippen LogP contribution >= 0.6 is 11.6 Å². The minimum absolute atomic E-state index is 0.310. The highest BCUT2D eigenvalue weighted by atomic mass is 35.5. The quantitative estimate of drug-likeness (QED) is 0.740. The molecule has 0 unspecified atom stereocenters. The summed E-state index contributed by atoms with van der Waals surface area (Å²) in [5.74, 6) is 0. The lowest BCUT2D eigenvalue weighted by Gasteiger charge is -2.42. The molecule has 17 heavy (non-hydrogen) atoms. The first-order chi connectivity index (χ1) is 8.21. The van der Waals surface area contributed by atoms with Gasteiger partial charge in [-0.3, -0.25) is 0 Å². The molecule has 3 rings (SSSR count). The molecule has 0 atom stereocenters. The summed E-state index contributed by atoms with van der Waals surface area (Å²) >= 11 is 6.30. The smallest absolute Gasteiger partial charge is 0.0481 e. The number of rotatable bonds is 0. The summed E-state index contributed by atoms with van der Waals surface area (Å²) in [5.41, 5.74) is 9.02. The van der Waals surface area contributed by atoms with Crippen LogP contribution in [0.5, 0.6) is 0 Å². The molecule has 1 spiro atoms. The third-order valence-electron chi connectivity index (χ3n) is 4.40. The van der Waals surface area contributed by atoms with Gasteiger partial charge in [0.05, 0.1) is 0 Å². The van der Waals surface area contributed by atoms with Gasteiger partial charge in [-0.05, 0) is 54.7 Å². The zero-order valence-corrected chi connectivity index (χ0v) is 10.7. The lowest BCUT2D eigenvalue weighted by molar-refractivity contribution is 0.270. The molecule has 0 saturated heterocycles. The molecule has 1 saturated carbocycles. The molecule has 0 aliphatic heterocycles. The standard InChI is InChI=1S/C15H18ClN/c16-14-5-1-4-13-12(14)3-2-8-15(13)9-6-11(17)7-10-15/h1-5,11H,6-10,17H2. The van der Waals surface area contributed by atoms with E-state index in [2.05, 4.69) is 24.3 Å².